The Kier molecular flexibility index (Phi) is 4.10. The molecule has 1 aliphatic heterocycles. The summed E-state index contributed by atoms with van der Waals surface area (Å²) in [7, 11) is -3.67. The minimum Gasteiger partial charge on any atom is -0.371 e. The number of sulfone groups is 1. The number of piperidine rings is 1. The normalized spacial score (nSPS) is 17.4. The molecule has 1 fully saturated rings. The van der Waals surface area contributed by atoms with Crippen LogP contribution < -0.4 is 4.90 Å². The van der Waals surface area contributed by atoms with E-state index in [0.29, 0.717) is 25.9 Å². The van der Waals surface area contributed by atoms with Gasteiger partial charge >= 0.3 is 0 Å². The molecule has 3 rings (SSSR count). The molecule has 0 spiro atoms. The maximum absolute atomic E-state index is 12.9. The number of benzene rings is 2. The van der Waals surface area contributed by atoms with Crippen molar-refractivity contribution in [2.24, 2.45) is 0 Å². The Morgan fingerprint density at radius 1 is 0.913 bits per heavy atom. The first-order chi connectivity index (χ1) is 11.1. The lowest BCUT2D eigenvalue weighted by molar-refractivity contribution is 0.477. The number of rotatable bonds is 3. The highest BCUT2D eigenvalue weighted by Crippen LogP contribution is 2.36. The Labute approximate surface area is 136 Å². The quantitative estimate of drug-likeness (QED) is 0.870. The van der Waals surface area contributed by atoms with Gasteiger partial charge in [-0.2, -0.15) is 5.26 Å². The zero-order valence-electron chi connectivity index (χ0n) is 12.7. The van der Waals surface area contributed by atoms with Crippen LogP contribution in [0.4, 0.5) is 5.69 Å². The van der Waals surface area contributed by atoms with Gasteiger partial charge < -0.3 is 4.90 Å². The minimum atomic E-state index is -3.67. The molecule has 1 saturated heterocycles. The van der Waals surface area contributed by atoms with Crippen LogP contribution in [0.3, 0.4) is 0 Å². The number of hydrogen-bond acceptors (Lipinski definition) is 4. The van der Waals surface area contributed by atoms with E-state index in [1.165, 1.54) is 0 Å². The lowest BCUT2D eigenvalue weighted by atomic mass is 9.97. The highest BCUT2D eigenvalue weighted by atomic mass is 32.2. The molecule has 2 aromatic carbocycles. The van der Waals surface area contributed by atoms with Crippen LogP contribution in [0.2, 0.25) is 0 Å². The van der Waals surface area contributed by atoms with Crippen molar-refractivity contribution >= 4 is 15.5 Å². The standard InChI is InChI=1S/C18H18N2O2S/c19-15-18(23(21,22)17-9-5-2-6-10-17)11-13-20(14-12-18)16-7-3-1-4-8-16/h1-10H,11-14H2. The van der Waals surface area contributed by atoms with Crippen molar-refractivity contribution in [3.05, 3.63) is 60.7 Å². The van der Waals surface area contributed by atoms with E-state index in [2.05, 4.69) is 11.0 Å². The van der Waals surface area contributed by atoms with Crippen molar-refractivity contribution in [2.75, 3.05) is 18.0 Å². The molecular weight excluding hydrogens is 308 g/mol. The first kappa shape index (κ1) is 15.6. The fourth-order valence-electron chi connectivity index (χ4n) is 3.03. The summed E-state index contributed by atoms with van der Waals surface area (Å²) in [5.41, 5.74) is 1.07. The van der Waals surface area contributed by atoms with E-state index in [0.717, 1.165) is 5.69 Å². The van der Waals surface area contributed by atoms with Crippen molar-refractivity contribution in [3.63, 3.8) is 0 Å². The van der Waals surface area contributed by atoms with Crippen molar-refractivity contribution in [2.45, 2.75) is 22.5 Å². The van der Waals surface area contributed by atoms with E-state index < -0.39 is 14.6 Å². The van der Waals surface area contributed by atoms with E-state index in [-0.39, 0.29) is 4.90 Å². The van der Waals surface area contributed by atoms with Gasteiger partial charge in [0.25, 0.3) is 0 Å². The van der Waals surface area contributed by atoms with Gasteiger partial charge in [-0.15, -0.1) is 0 Å². The third kappa shape index (κ3) is 2.71. The van der Waals surface area contributed by atoms with E-state index in [4.69, 9.17) is 0 Å². The summed E-state index contributed by atoms with van der Waals surface area (Å²) in [6.45, 7) is 1.12. The second-order valence-electron chi connectivity index (χ2n) is 5.75. The molecule has 2 aromatic rings. The van der Waals surface area contributed by atoms with Gasteiger partial charge in [-0.05, 0) is 37.1 Å². The van der Waals surface area contributed by atoms with Crippen LogP contribution in [0, 0.1) is 11.3 Å². The Morgan fingerprint density at radius 2 is 1.43 bits per heavy atom. The summed E-state index contributed by atoms with van der Waals surface area (Å²) < 4.78 is 24.6. The second kappa shape index (κ2) is 6.05. The van der Waals surface area contributed by atoms with Crippen LogP contribution in [-0.4, -0.2) is 26.3 Å². The SMILES string of the molecule is N#CC1(S(=O)(=O)c2ccccc2)CCN(c2ccccc2)CC1. The maximum Gasteiger partial charge on any atom is 0.197 e. The van der Waals surface area contributed by atoms with Crippen LogP contribution in [0.5, 0.6) is 0 Å². The van der Waals surface area contributed by atoms with Gasteiger partial charge in [0.05, 0.1) is 11.0 Å². The molecule has 0 radical (unpaired) electrons. The summed E-state index contributed by atoms with van der Waals surface area (Å²) in [6.07, 6.45) is 0.630. The van der Waals surface area contributed by atoms with Gasteiger partial charge in [-0.25, -0.2) is 8.42 Å². The largest absolute Gasteiger partial charge is 0.371 e. The lowest BCUT2D eigenvalue weighted by Gasteiger charge is -2.37. The van der Waals surface area contributed by atoms with Gasteiger partial charge in [0.1, 0.15) is 0 Å². The van der Waals surface area contributed by atoms with Gasteiger partial charge in [0, 0.05) is 18.8 Å². The van der Waals surface area contributed by atoms with E-state index in [9.17, 15) is 13.7 Å². The Bertz CT molecular complexity index is 803. The first-order valence-corrected chi connectivity index (χ1v) is 9.08. The molecule has 0 saturated carbocycles. The van der Waals surface area contributed by atoms with Gasteiger partial charge in [-0.3, -0.25) is 0 Å². The first-order valence-electron chi connectivity index (χ1n) is 7.60. The highest BCUT2D eigenvalue weighted by Gasteiger charge is 2.47. The van der Waals surface area contributed by atoms with Gasteiger partial charge in [0.15, 0.2) is 14.6 Å². The summed E-state index contributed by atoms with van der Waals surface area (Å²) >= 11 is 0. The average molecular weight is 326 g/mol. The molecule has 1 aliphatic rings. The number of anilines is 1. The zero-order valence-corrected chi connectivity index (χ0v) is 13.5. The van der Waals surface area contributed by atoms with E-state index in [1.807, 2.05) is 30.3 Å². The summed E-state index contributed by atoms with van der Waals surface area (Å²) in [6, 6.07) is 20.3. The summed E-state index contributed by atoms with van der Waals surface area (Å²) in [5, 5.41) is 9.65. The Morgan fingerprint density at radius 3 is 1.96 bits per heavy atom. The van der Waals surface area contributed by atoms with Crippen LogP contribution in [-0.2, 0) is 9.84 Å². The van der Waals surface area contributed by atoms with Crippen molar-refractivity contribution in [1.29, 1.82) is 5.26 Å². The topological polar surface area (TPSA) is 61.2 Å². The predicted molar refractivity (Wildman–Crippen MR) is 89.9 cm³/mol. The summed E-state index contributed by atoms with van der Waals surface area (Å²) in [5.74, 6) is 0. The second-order valence-corrected chi connectivity index (χ2v) is 8.00. The minimum absolute atomic E-state index is 0.231. The molecule has 0 atom stereocenters. The third-order valence-corrected chi connectivity index (χ3v) is 6.89. The molecule has 0 aliphatic carbocycles. The van der Waals surface area contributed by atoms with Crippen LogP contribution in [0.15, 0.2) is 65.6 Å². The molecule has 0 aromatic heterocycles. The fraction of sp³-hybridized carbons (Fsp3) is 0.278. The smallest absolute Gasteiger partial charge is 0.197 e. The molecule has 1 heterocycles. The monoisotopic (exact) mass is 326 g/mol. The number of nitrogens with zero attached hydrogens (tertiary/aromatic N) is 2. The highest BCUT2D eigenvalue weighted by molar-refractivity contribution is 7.93. The van der Waals surface area contributed by atoms with Gasteiger partial charge in [0.2, 0.25) is 0 Å². The van der Waals surface area contributed by atoms with Crippen LogP contribution in [0.25, 0.3) is 0 Å². The average Bonchev–Trinajstić information content (AvgIpc) is 2.63. The zero-order chi connectivity index (χ0) is 16.3. The van der Waals surface area contributed by atoms with Gasteiger partial charge in [-0.1, -0.05) is 36.4 Å². The molecule has 0 bridgehead atoms. The number of para-hydroxylation sites is 1. The summed E-state index contributed by atoms with van der Waals surface area (Å²) in [4.78, 5) is 2.37. The molecule has 23 heavy (non-hydrogen) atoms. The predicted octanol–water partition coefficient (Wildman–Crippen LogP) is 3.02. The van der Waals surface area contributed by atoms with E-state index >= 15 is 0 Å². The lowest BCUT2D eigenvalue weighted by Crippen LogP contribution is -2.48. The van der Waals surface area contributed by atoms with E-state index in [1.54, 1.807) is 30.3 Å². The molecule has 0 amide bonds. The van der Waals surface area contributed by atoms with Crippen molar-refractivity contribution in [3.8, 4) is 6.07 Å². The van der Waals surface area contributed by atoms with Crippen LogP contribution >= 0.6 is 0 Å². The molecule has 4 nitrogen and oxygen atoms in total. The Hall–Kier alpha value is -2.32. The van der Waals surface area contributed by atoms with Crippen LogP contribution in [0.1, 0.15) is 12.8 Å². The fourth-order valence-corrected chi connectivity index (χ4v) is 4.84. The molecule has 118 valence electrons. The third-order valence-electron chi connectivity index (χ3n) is 4.46. The number of hydrogen-bond donors (Lipinski definition) is 0. The molecule has 0 N–H and O–H groups in total. The Balaban J connectivity index is 1.87. The van der Waals surface area contributed by atoms with Crippen molar-refractivity contribution < 1.29 is 8.42 Å². The molecule has 5 heteroatoms. The number of nitriles is 1. The molecular formula is C18H18N2O2S. The maximum atomic E-state index is 12.9. The molecule has 0 unspecified atom stereocenters. The van der Waals surface area contributed by atoms with Crippen molar-refractivity contribution in [1.82, 2.24) is 0 Å².